The van der Waals surface area contributed by atoms with Gasteiger partial charge in [0, 0.05) is 48.9 Å². The van der Waals surface area contributed by atoms with Gasteiger partial charge in [0.2, 0.25) is 0 Å². The number of benzene rings is 2. The maximum Gasteiger partial charge on any atom is 0.412 e. The first-order valence-electron chi connectivity index (χ1n) is 9.26. The van der Waals surface area contributed by atoms with E-state index in [4.69, 9.17) is 10.5 Å². The standard InChI is InChI=1S/C21H28N4O2/c1-21(2,3)27-20(26)23-17-7-9-18(10-8-17)24-11-13-25(14-12-24)19-6-4-5-16(22)15-19/h4-10,15H,11-14,22H2,1-3H3,(H,23,26). The van der Waals surface area contributed by atoms with Crippen molar-refractivity contribution in [1.29, 1.82) is 0 Å². The number of anilines is 4. The van der Waals surface area contributed by atoms with Gasteiger partial charge in [0.25, 0.3) is 0 Å². The molecule has 0 aliphatic carbocycles. The van der Waals surface area contributed by atoms with E-state index in [0.717, 1.165) is 43.2 Å². The van der Waals surface area contributed by atoms with Crippen LogP contribution < -0.4 is 20.9 Å². The third-order valence-corrected chi connectivity index (χ3v) is 4.39. The molecule has 1 heterocycles. The predicted molar refractivity (Wildman–Crippen MR) is 112 cm³/mol. The summed E-state index contributed by atoms with van der Waals surface area (Å²) in [5.74, 6) is 0. The van der Waals surface area contributed by atoms with Crippen LogP contribution in [0.25, 0.3) is 0 Å². The average Bonchev–Trinajstić information content (AvgIpc) is 2.61. The molecule has 0 atom stereocenters. The third-order valence-electron chi connectivity index (χ3n) is 4.39. The number of nitrogen functional groups attached to an aromatic ring is 1. The van der Waals surface area contributed by atoms with Crippen molar-refractivity contribution >= 4 is 28.8 Å². The molecule has 0 aromatic heterocycles. The van der Waals surface area contributed by atoms with E-state index < -0.39 is 11.7 Å². The lowest BCUT2D eigenvalue weighted by Gasteiger charge is -2.37. The van der Waals surface area contributed by atoms with E-state index in [2.05, 4.69) is 21.2 Å². The second-order valence-corrected chi connectivity index (χ2v) is 7.74. The van der Waals surface area contributed by atoms with Crippen LogP contribution in [0.2, 0.25) is 0 Å². The van der Waals surface area contributed by atoms with Crippen molar-refractivity contribution < 1.29 is 9.53 Å². The highest BCUT2D eigenvalue weighted by Crippen LogP contribution is 2.23. The smallest absolute Gasteiger partial charge is 0.412 e. The number of piperazine rings is 1. The van der Waals surface area contributed by atoms with Crippen LogP contribution in [-0.4, -0.2) is 37.9 Å². The molecule has 1 aliphatic heterocycles. The van der Waals surface area contributed by atoms with Gasteiger partial charge in [-0.15, -0.1) is 0 Å². The minimum Gasteiger partial charge on any atom is -0.444 e. The van der Waals surface area contributed by atoms with Gasteiger partial charge in [0.05, 0.1) is 0 Å². The van der Waals surface area contributed by atoms with E-state index in [-0.39, 0.29) is 0 Å². The topological polar surface area (TPSA) is 70.8 Å². The lowest BCUT2D eigenvalue weighted by atomic mass is 10.2. The summed E-state index contributed by atoms with van der Waals surface area (Å²) in [6.45, 7) is 9.31. The summed E-state index contributed by atoms with van der Waals surface area (Å²) >= 11 is 0. The predicted octanol–water partition coefficient (Wildman–Crippen LogP) is 3.94. The molecule has 0 radical (unpaired) electrons. The maximum atomic E-state index is 11.9. The Labute approximate surface area is 160 Å². The maximum absolute atomic E-state index is 11.9. The molecule has 0 spiro atoms. The van der Waals surface area contributed by atoms with E-state index in [0.29, 0.717) is 0 Å². The molecule has 6 heteroatoms. The van der Waals surface area contributed by atoms with Crippen molar-refractivity contribution in [1.82, 2.24) is 0 Å². The lowest BCUT2D eigenvalue weighted by Crippen LogP contribution is -2.46. The van der Waals surface area contributed by atoms with Gasteiger partial charge in [0.1, 0.15) is 5.60 Å². The molecule has 3 N–H and O–H groups in total. The number of hydrogen-bond acceptors (Lipinski definition) is 5. The molecule has 3 rings (SSSR count). The highest BCUT2D eigenvalue weighted by Gasteiger charge is 2.19. The van der Waals surface area contributed by atoms with Crippen LogP contribution in [0.1, 0.15) is 20.8 Å². The fourth-order valence-electron chi connectivity index (χ4n) is 3.12. The van der Waals surface area contributed by atoms with Crippen molar-refractivity contribution in [2.24, 2.45) is 0 Å². The zero-order chi connectivity index (χ0) is 19.4. The summed E-state index contributed by atoms with van der Waals surface area (Å²) in [6.07, 6.45) is -0.439. The molecule has 27 heavy (non-hydrogen) atoms. The molecule has 0 bridgehead atoms. The Hall–Kier alpha value is -2.89. The largest absolute Gasteiger partial charge is 0.444 e. The van der Waals surface area contributed by atoms with Gasteiger partial charge in [0.15, 0.2) is 0 Å². The fraction of sp³-hybridized carbons (Fsp3) is 0.381. The van der Waals surface area contributed by atoms with E-state index in [1.54, 1.807) is 0 Å². The first-order valence-corrected chi connectivity index (χ1v) is 9.26. The second kappa shape index (κ2) is 7.78. The summed E-state index contributed by atoms with van der Waals surface area (Å²) in [5.41, 5.74) is 9.23. The summed E-state index contributed by atoms with van der Waals surface area (Å²) in [7, 11) is 0. The first kappa shape index (κ1) is 18.9. The number of hydrogen-bond donors (Lipinski definition) is 2. The SMILES string of the molecule is CC(C)(C)OC(=O)Nc1ccc(N2CCN(c3cccc(N)c3)CC2)cc1. The number of nitrogens with two attached hydrogens (primary N) is 1. The molecule has 0 saturated carbocycles. The monoisotopic (exact) mass is 368 g/mol. The van der Waals surface area contributed by atoms with Crippen LogP contribution in [0.15, 0.2) is 48.5 Å². The highest BCUT2D eigenvalue weighted by atomic mass is 16.6. The molecule has 6 nitrogen and oxygen atoms in total. The molecule has 0 unspecified atom stereocenters. The Kier molecular flexibility index (Phi) is 5.44. The third kappa shape index (κ3) is 5.29. The van der Waals surface area contributed by atoms with Crippen LogP contribution in [0.3, 0.4) is 0 Å². The van der Waals surface area contributed by atoms with Gasteiger partial charge in [-0.2, -0.15) is 0 Å². The van der Waals surface area contributed by atoms with Gasteiger partial charge in [-0.25, -0.2) is 4.79 Å². The number of carbonyl (C=O) groups is 1. The van der Waals surface area contributed by atoms with E-state index >= 15 is 0 Å². The second-order valence-electron chi connectivity index (χ2n) is 7.74. The summed E-state index contributed by atoms with van der Waals surface area (Å²) < 4.78 is 5.28. The van der Waals surface area contributed by atoms with Gasteiger partial charge in [-0.3, -0.25) is 5.32 Å². The highest BCUT2D eigenvalue weighted by molar-refractivity contribution is 5.85. The minimum atomic E-state index is -0.507. The van der Waals surface area contributed by atoms with Gasteiger partial charge in [-0.05, 0) is 63.2 Å². The Balaban J connectivity index is 1.55. The molecule has 1 aliphatic rings. The average molecular weight is 368 g/mol. The summed E-state index contributed by atoms with van der Waals surface area (Å²) in [4.78, 5) is 16.6. The van der Waals surface area contributed by atoms with Crippen molar-refractivity contribution in [2.45, 2.75) is 26.4 Å². The first-order chi connectivity index (χ1) is 12.8. The lowest BCUT2D eigenvalue weighted by molar-refractivity contribution is 0.0636. The molecule has 2 aromatic rings. The number of rotatable bonds is 3. The quantitative estimate of drug-likeness (QED) is 0.803. The summed E-state index contributed by atoms with van der Waals surface area (Å²) in [6, 6.07) is 15.9. The number of ether oxygens (including phenoxy) is 1. The van der Waals surface area contributed by atoms with Crippen LogP contribution in [0.4, 0.5) is 27.5 Å². The zero-order valence-corrected chi connectivity index (χ0v) is 16.2. The molecule has 144 valence electrons. The molecule has 1 saturated heterocycles. The van der Waals surface area contributed by atoms with Gasteiger partial charge in [-0.1, -0.05) is 6.07 Å². The van der Waals surface area contributed by atoms with E-state index in [1.807, 2.05) is 63.2 Å². The minimum absolute atomic E-state index is 0.439. The molecule has 1 amide bonds. The van der Waals surface area contributed by atoms with Gasteiger partial charge < -0.3 is 20.3 Å². The number of nitrogens with one attached hydrogen (secondary N) is 1. The zero-order valence-electron chi connectivity index (χ0n) is 16.2. The summed E-state index contributed by atoms with van der Waals surface area (Å²) in [5, 5.41) is 2.76. The van der Waals surface area contributed by atoms with Crippen LogP contribution >= 0.6 is 0 Å². The van der Waals surface area contributed by atoms with Crippen molar-refractivity contribution in [2.75, 3.05) is 47.0 Å². The normalized spacial score (nSPS) is 14.8. The van der Waals surface area contributed by atoms with Crippen LogP contribution in [-0.2, 0) is 4.74 Å². The Morgan fingerprint density at radius 3 is 2.11 bits per heavy atom. The number of carbonyl (C=O) groups excluding carboxylic acids is 1. The van der Waals surface area contributed by atoms with Crippen molar-refractivity contribution in [3.63, 3.8) is 0 Å². The van der Waals surface area contributed by atoms with Crippen LogP contribution in [0.5, 0.6) is 0 Å². The van der Waals surface area contributed by atoms with Crippen LogP contribution in [0, 0.1) is 0 Å². The van der Waals surface area contributed by atoms with Crippen molar-refractivity contribution in [3.8, 4) is 0 Å². The number of amides is 1. The van der Waals surface area contributed by atoms with E-state index in [1.165, 1.54) is 5.69 Å². The molecule has 2 aromatic carbocycles. The Morgan fingerprint density at radius 2 is 1.56 bits per heavy atom. The molecule has 1 fully saturated rings. The Morgan fingerprint density at radius 1 is 0.963 bits per heavy atom. The Bertz CT molecular complexity index is 776. The van der Waals surface area contributed by atoms with E-state index in [9.17, 15) is 4.79 Å². The van der Waals surface area contributed by atoms with Crippen molar-refractivity contribution in [3.05, 3.63) is 48.5 Å². The fourth-order valence-corrected chi connectivity index (χ4v) is 3.12. The van der Waals surface area contributed by atoms with Gasteiger partial charge >= 0.3 is 6.09 Å². The molecular formula is C21H28N4O2. The molecular weight excluding hydrogens is 340 g/mol. The number of nitrogens with zero attached hydrogens (tertiary/aromatic N) is 2.